The first-order valence-corrected chi connectivity index (χ1v) is 19.4. The van der Waals surface area contributed by atoms with Crippen molar-refractivity contribution in [3.05, 3.63) is 91.2 Å². The van der Waals surface area contributed by atoms with Gasteiger partial charge in [-0.1, -0.05) is 102 Å². The Morgan fingerprint density at radius 2 is 1.51 bits per heavy atom. The van der Waals surface area contributed by atoms with Crippen molar-refractivity contribution in [2.24, 2.45) is 0 Å². The van der Waals surface area contributed by atoms with Crippen LogP contribution in [0.25, 0.3) is 0 Å². The number of imidazole rings is 1. The van der Waals surface area contributed by atoms with E-state index < -0.39 is 34.9 Å². The number of benzene rings is 2. The third-order valence-electron chi connectivity index (χ3n) is 8.29. The predicted molar refractivity (Wildman–Crippen MR) is 175 cm³/mol. The third kappa shape index (κ3) is 6.75. The summed E-state index contributed by atoms with van der Waals surface area (Å²) in [5.74, 6) is 0.503. The van der Waals surface area contributed by atoms with Crippen LogP contribution in [0.4, 0.5) is 0 Å². The lowest BCUT2D eigenvalue weighted by molar-refractivity contribution is -0.0656. The van der Waals surface area contributed by atoms with Crippen molar-refractivity contribution in [3.63, 3.8) is 0 Å². The lowest BCUT2D eigenvalue weighted by atomic mass is 10.1. The molecule has 0 radical (unpaired) electrons. The Bertz CT molecular complexity index is 1260. The number of aromatic amines is 1. The van der Waals surface area contributed by atoms with Crippen LogP contribution in [-0.4, -0.2) is 56.6 Å². The normalized spacial score (nSPS) is 20.0. The predicted octanol–water partition coefficient (Wildman–Crippen LogP) is 6.35. The summed E-state index contributed by atoms with van der Waals surface area (Å²) in [5.41, 5.74) is 0. The van der Waals surface area contributed by atoms with E-state index in [-0.39, 0.29) is 15.1 Å². The highest BCUT2D eigenvalue weighted by atomic mass is 32.1. The molecule has 3 atom stereocenters. The van der Waals surface area contributed by atoms with Crippen LogP contribution >= 0.6 is 12.2 Å². The van der Waals surface area contributed by atoms with E-state index in [0.717, 1.165) is 0 Å². The Hall–Kier alpha value is -2.57. The lowest BCUT2D eigenvalue weighted by Gasteiger charge is -2.47. The SMILES string of the molecule is CC(C)(C)[Si](C)(C)OC[C@H]1OC=C[C@@H](O[Si](c2ccccc2)(c2ccccc2)C(C)(C)C)[C@@H]1OC(=S)c1ncc[nH]1. The van der Waals surface area contributed by atoms with Gasteiger partial charge in [0, 0.05) is 12.4 Å². The van der Waals surface area contributed by atoms with Crippen LogP contribution in [0.5, 0.6) is 0 Å². The first-order chi connectivity index (χ1) is 19.3. The van der Waals surface area contributed by atoms with Crippen LogP contribution < -0.4 is 10.4 Å². The van der Waals surface area contributed by atoms with Gasteiger partial charge in [-0.25, -0.2) is 4.98 Å². The molecule has 1 aliphatic rings. The average molecular weight is 609 g/mol. The Morgan fingerprint density at radius 1 is 0.927 bits per heavy atom. The molecule has 1 N–H and O–H groups in total. The number of hydrogen-bond donors (Lipinski definition) is 1. The quantitative estimate of drug-likeness (QED) is 0.226. The zero-order valence-corrected chi connectivity index (χ0v) is 28.3. The third-order valence-corrected chi connectivity index (χ3v) is 18.1. The highest BCUT2D eigenvalue weighted by Crippen LogP contribution is 2.40. The van der Waals surface area contributed by atoms with Crippen LogP contribution in [0, 0.1) is 0 Å². The van der Waals surface area contributed by atoms with E-state index in [9.17, 15) is 0 Å². The number of aromatic nitrogens is 2. The van der Waals surface area contributed by atoms with Gasteiger partial charge in [0.25, 0.3) is 8.32 Å². The topological polar surface area (TPSA) is 65.6 Å². The second kappa shape index (κ2) is 12.3. The largest absolute Gasteiger partial charge is 0.492 e. The molecule has 41 heavy (non-hydrogen) atoms. The molecule has 1 aliphatic heterocycles. The second-order valence-corrected chi connectivity index (χ2v) is 22.6. The van der Waals surface area contributed by atoms with Crippen LogP contribution in [0.3, 0.4) is 0 Å². The monoisotopic (exact) mass is 608 g/mol. The lowest BCUT2D eigenvalue weighted by Crippen LogP contribution is -2.69. The molecule has 0 amide bonds. The maximum Gasteiger partial charge on any atom is 0.262 e. The summed E-state index contributed by atoms with van der Waals surface area (Å²) in [6, 6.07) is 21.2. The van der Waals surface area contributed by atoms with Gasteiger partial charge in [0.2, 0.25) is 5.05 Å². The van der Waals surface area contributed by atoms with Gasteiger partial charge in [-0.15, -0.1) is 0 Å². The first-order valence-electron chi connectivity index (χ1n) is 14.2. The van der Waals surface area contributed by atoms with Crippen molar-refractivity contribution < 1.29 is 18.3 Å². The summed E-state index contributed by atoms with van der Waals surface area (Å²) < 4.78 is 26.9. The molecule has 0 spiro atoms. The molecule has 0 unspecified atom stereocenters. The van der Waals surface area contributed by atoms with E-state index in [2.05, 4.69) is 113 Å². The number of nitrogens with zero attached hydrogens (tertiary/aromatic N) is 1. The summed E-state index contributed by atoms with van der Waals surface area (Å²) in [6.45, 7) is 18.3. The van der Waals surface area contributed by atoms with Crippen LogP contribution in [-0.2, 0) is 18.3 Å². The minimum absolute atomic E-state index is 0.0577. The molecule has 1 aromatic heterocycles. The fourth-order valence-electron chi connectivity index (χ4n) is 4.96. The van der Waals surface area contributed by atoms with Crippen molar-refractivity contribution in [2.45, 2.75) is 83.0 Å². The summed E-state index contributed by atoms with van der Waals surface area (Å²) in [6.07, 6.45) is 5.66. The van der Waals surface area contributed by atoms with E-state index >= 15 is 0 Å². The van der Waals surface area contributed by atoms with Gasteiger partial charge in [0.1, 0.15) is 6.10 Å². The van der Waals surface area contributed by atoms with E-state index in [0.29, 0.717) is 12.4 Å². The molecule has 2 heterocycles. The van der Waals surface area contributed by atoms with Crippen LogP contribution in [0.15, 0.2) is 85.4 Å². The number of rotatable bonds is 9. The Morgan fingerprint density at radius 3 is 2.00 bits per heavy atom. The number of hydrogen-bond acceptors (Lipinski definition) is 6. The minimum atomic E-state index is -2.90. The van der Waals surface area contributed by atoms with Gasteiger partial charge < -0.3 is 23.3 Å². The van der Waals surface area contributed by atoms with Crippen molar-refractivity contribution in [2.75, 3.05) is 6.61 Å². The van der Waals surface area contributed by atoms with Gasteiger partial charge in [-0.3, -0.25) is 0 Å². The summed E-state index contributed by atoms with van der Waals surface area (Å²) in [5, 5.41) is 2.51. The molecule has 0 saturated heterocycles. The van der Waals surface area contributed by atoms with Crippen LogP contribution in [0.2, 0.25) is 23.2 Å². The van der Waals surface area contributed by atoms with Gasteiger partial charge in [-0.2, -0.15) is 0 Å². The summed E-state index contributed by atoms with van der Waals surface area (Å²) in [7, 11) is -4.96. The van der Waals surface area contributed by atoms with E-state index in [1.165, 1.54) is 10.4 Å². The summed E-state index contributed by atoms with van der Waals surface area (Å²) >= 11 is 5.71. The standard InChI is InChI=1S/C32H44N2O4SSi2/c1-31(2,3)40(7,8)36-23-27-28(37-30(39)29-33-20-21-34-29)26(19-22-35-27)38-41(32(4,5)6,24-15-11-9-12-16-24)25-17-13-10-14-18-25/h9-22,26-28H,23H2,1-8H3,(H,33,34)/t26-,27-,28+/m1/s1. The maximum atomic E-state index is 7.49. The van der Waals surface area contributed by atoms with Crippen molar-refractivity contribution in [1.82, 2.24) is 9.97 Å². The smallest absolute Gasteiger partial charge is 0.262 e. The van der Waals surface area contributed by atoms with Crippen molar-refractivity contribution in [1.29, 1.82) is 0 Å². The minimum Gasteiger partial charge on any atom is -0.492 e. The molecule has 0 saturated carbocycles. The average Bonchev–Trinajstić information content (AvgIpc) is 3.47. The van der Waals surface area contributed by atoms with Crippen molar-refractivity contribution in [3.8, 4) is 0 Å². The first kappa shape index (κ1) is 31.4. The molecular weight excluding hydrogens is 565 g/mol. The molecule has 9 heteroatoms. The fourth-order valence-corrected chi connectivity index (χ4v) is 10.8. The van der Waals surface area contributed by atoms with E-state index in [1.807, 2.05) is 18.2 Å². The molecule has 6 nitrogen and oxygen atoms in total. The Kier molecular flexibility index (Phi) is 9.45. The number of H-pyrrole nitrogens is 1. The molecule has 3 aromatic rings. The molecule has 0 fully saturated rings. The zero-order valence-electron chi connectivity index (χ0n) is 25.5. The Balaban J connectivity index is 1.77. The maximum absolute atomic E-state index is 7.49. The number of thiocarbonyl (C=S) groups is 1. The zero-order chi connectivity index (χ0) is 29.9. The van der Waals surface area contributed by atoms with Gasteiger partial charge >= 0.3 is 0 Å². The highest BCUT2D eigenvalue weighted by Gasteiger charge is 2.53. The van der Waals surface area contributed by atoms with Crippen molar-refractivity contribution >= 4 is 44.3 Å². The molecule has 0 aliphatic carbocycles. The van der Waals surface area contributed by atoms with Crippen LogP contribution in [0.1, 0.15) is 47.4 Å². The van der Waals surface area contributed by atoms with Gasteiger partial charge in [-0.05, 0) is 51.8 Å². The Labute approximate surface area is 252 Å². The molecular formula is C32H44N2O4SSi2. The molecule has 2 aromatic carbocycles. The molecule has 0 bridgehead atoms. The molecule has 220 valence electrons. The fraction of sp³-hybridized carbons (Fsp3) is 0.438. The second-order valence-electron chi connectivity index (χ2n) is 13.1. The summed E-state index contributed by atoms with van der Waals surface area (Å²) in [4.78, 5) is 7.39. The molecule has 4 rings (SSSR count). The highest BCUT2D eigenvalue weighted by molar-refractivity contribution is 7.80. The van der Waals surface area contributed by atoms with Gasteiger partial charge in [0.05, 0.1) is 12.9 Å². The van der Waals surface area contributed by atoms with E-state index in [1.54, 1.807) is 18.7 Å². The number of nitrogens with one attached hydrogen (secondary N) is 1. The van der Waals surface area contributed by atoms with E-state index in [4.69, 9.17) is 30.5 Å². The van der Waals surface area contributed by atoms with Gasteiger partial charge in [0.15, 0.2) is 26.3 Å². The number of ether oxygens (including phenoxy) is 2.